The van der Waals surface area contributed by atoms with Crippen molar-refractivity contribution in [2.75, 3.05) is 5.32 Å². The van der Waals surface area contributed by atoms with E-state index < -0.39 is 0 Å². The van der Waals surface area contributed by atoms with Crippen LogP contribution in [0, 0.1) is 6.92 Å². The first-order valence-electron chi connectivity index (χ1n) is 6.30. The lowest BCUT2D eigenvalue weighted by Crippen LogP contribution is -2.14. The molecule has 1 amide bonds. The van der Waals surface area contributed by atoms with E-state index in [-0.39, 0.29) is 5.91 Å². The molecule has 3 rings (SSSR count). The van der Waals surface area contributed by atoms with Gasteiger partial charge in [-0.2, -0.15) is 0 Å². The summed E-state index contributed by atoms with van der Waals surface area (Å²) in [6, 6.07) is 10.8. The summed E-state index contributed by atoms with van der Waals surface area (Å²) in [5, 5.41) is 13.9. The van der Waals surface area contributed by atoms with Crippen molar-refractivity contribution in [3.8, 4) is 5.69 Å². The number of rotatable bonds is 3. The van der Waals surface area contributed by atoms with Gasteiger partial charge in [0.2, 0.25) is 0 Å². The minimum atomic E-state index is -0.257. The fourth-order valence-corrected chi connectivity index (χ4v) is 1.85. The fraction of sp³-hybridized carbons (Fsp3) is 0.0714. The molecule has 0 fully saturated rings. The Kier molecular flexibility index (Phi) is 3.38. The number of benzene rings is 1. The number of carbonyl (C=O) groups is 1. The Morgan fingerprint density at radius 3 is 2.86 bits per heavy atom. The summed E-state index contributed by atoms with van der Waals surface area (Å²) >= 11 is 0. The van der Waals surface area contributed by atoms with Gasteiger partial charge in [0.25, 0.3) is 5.91 Å². The second-order valence-corrected chi connectivity index (χ2v) is 4.42. The Labute approximate surface area is 120 Å². The Bertz CT molecular complexity index is 754. The van der Waals surface area contributed by atoms with Crippen molar-refractivity contribution in [2.45, 2.75) is 6.92 Å². The Balaban J connectivity index is 1.88. The van der Waals surface area contributed by atoms with Crippen LogP contribution in [-0.2, 0) is 0 Å². The molecule has 21 heavy (non-hydrogen) atoms. The summed E-state index contributed by atoms with van der Waals surface area (Å²) < 4.78 is 1.52. The average molecular weight is 280 g/mol. The van der Waals surface area contributed by atoms with Gasteiger partial charge in [-0.3, -0.25) is 9.78 Å². The zero-order valence-electron chi connectivity index (χ0n) is 11.3. The molecule has 1 aromatic carbocycles. The molecule has 7 nitrogen and oxygen atoms in total. The van der Waals surface area contributed by atoms with E-state index in [1.807, 2.05) is 25.1 Å². The number of aryl methyl sites for hydroxylation is 1. The molecule has 0 saturated heterocycles. The van der Waals surface area contributed by atoms with Gasteiger partial charge in [0.15, 0.2) is 0 Å². The number of nitrogens with zero attached hydrogens (tertiary/aromatic N) is 5. The molecule has 104 valence electrons. The first-order chi connectivity index (χ1) is 10.2. The molecule has 0 atom stereocenters. The van der Waals surface area contributed by atoms with Crippen molar-refractivity contribution in [1.82, 2.24) is 25.2 Å². The van der Waals surface area contributed by atoms with Crippen molar-refractivity contribution in [1.29, 1.82) is 0 Å². The molecule has 0 aliphatic rings. The van der Waals surface area contributed by atoms with E-state index in [1.54, 1.807) is 24.4 Å². The largest absolute Gasteiger partial charge is 0.320 e. The Morgan fingerprint density at radius 1 is 1.24 bits per heavy atom. The number of pyridine rings is 1. The highest BCUT2D eigenvalue weighted by atomic mass is 16.1. The van der Waals surface area contributed by atoms with Crippen LogP contribution in [0.15, 0.2) is 48.9 Å². The van der Waals surface area contributed by atoms with Gasteiger partial charge >= 0.3 is 0 Å². The van der Waals surface area contributed by atoms with Crippen LogP contribution in [0.25, 0.3) is 5.69 Å². The zero-order chi connectivity index (χ0) is 14.7. The predicted molar refractivity (Wildman–Crippen MR) is 76.1 cm³/mol. The standard InChI is InChI=1S/C14H12N6O/c1-10-5-6-11(20-9-16-18-19-20)8-13(10)17-14(21)12-4-2-3-7-15-12/h2-9H,1H3,(H,17,21). The Hall–Kier alpha value is -3.09. The van der Waals surface area contributed by atoms with E-state index in [0.717, 1.165) is 11.3 Å². The maximum absolute atomic E-state index is 12.1. The van der Waals surface area contributed by atoms with Gasteiger partial charge in [0.05, 0.1) is 5.69 Å². The number of anilines is 1. The molecule has 0 aliphatic heterocycles. The summed E-state index contributed by atoms with van der Waals surface area (Å²) in [5.74, 6) is -0.257. The lowest BCUT2D eigenvalue weighted by Gasteiger charge is -2.10. The van der Waals surface area contributed by atoms with Gasteiger partial charge in [-0.15, -0.1) is 5.10 Å². The van der Waals surface area contributed by atoms with Gasteiger partial charge in [-0.25, -0.2) is 4.68 Å². The van der Waals surface area contributed by atoms with Crippen LogP contribution in [0.3, 0.4) is 0 Å². The highest BCUT2D eigenvalue weighted by Crippen LogP contribution is 2.19. The third-order valence-corrected chi connectivity index (χ3v) is 2.98. The van der Waals surface area contributed by atoms with E-state index in [4.69, 9.17) is 0 Å². The first-order valence-corrected chi connectivity index (χ1v) is 6.30. The maximum atomic E-state index is 12.1. The number of tetrazole rings is 1. The number of aromatic nitrogens is 5. The van der Waals surface area contributed by atoms with E-state index in [9.17, 15) is 4.79 Å². The monoisotopic (exact) mass is 280 g/mol. The minimum absolute atomic E-state index is 0.257. The number of carbonyl (C=O) groups excluding carboxylic acids is 1. The summed E-state index contributed by atoms with van der Waals surface area (Å²) in [5.41, 5.74) is 2.77. The third kappa shape index (κ3) is 2.76. The lowest BCUT2D eigenvalue weighted by molar-refractivity contribution is 0.102. The van der Waals surface area contributed by atoms with Crippen LogP contribution < -0.4 is 5.32 Å². The van der Waals surface area contributed by atoms with Crippen LogP contribution >= 0.6 is 0 Å². The van der Waals surface area contributed by atoms with Crippen LogP contribution in [-0.4, -0.2) is 31.1 Å². The summed E-state index contributed by atoms with van der Waals surface area (Å²) in [4.78, 5) is 16.2. The van der Waals surface area contributed by atoms with E-state index >= 15 is 0 Å². The normalized spacial score (nSPS) is 10.3. The molecule has 0 aliphatic carbocycles. The third-order valence-electron chi connectivity index (χ3n) is 2.98. The SMILES string of the molecule is Cc1ccc(-n2cnnn2)cc1NC(=O)c1ccccn1. The molecule has 2 aromatic heterocycles. The average Bonchev–Trinajstić information content (AvgIpc) is 3.04. The predicted octanol–water partition coefficient (Wildman–Crippen LogP) is 1.62. The molecule has 0 saturated carbocycles. The molecule has 0 bridgehead atoms. The van der Waals surface area contributed by atoms with E-state index in [1.165, 1.54) is 11.0 Å². The topological polar surface area (TPSA) is 85.6 Å². The zero-order valence-corrected chi connectivity index (χ0v) is 11.3. The molecular formula is C14H12N6O. The van der Waals surface area contributed by atoms with Crippen LogP contribution in [0.5, 0.6) is 0 Å². The molecule has 3 aromatic rings. The molecule has 0 radical (unpaired) electrons. The quantitative estimate of drug-likeness (QED) is 0.788. The lowest BCUT2D eigenvalue weighted by atomic mass is 10.1. The van der Waals surface area contributed by atoms with Crippen molar-refractivity contribution >= 4 is 11.6 Å². The fourth-order valence-electron chi connectivity index (χ4n) is 1.85. The van der Waals surface area contributed by atoms with Gasteiger partial charge < -0.3 is 5.32 Å². The van der Waals surface area contributed by atoms with E-state index in [2.05, 4.69) is 25.8 Å². The molecule has 0 spiro atoms. The second kappa shape index (κ2) is 5.49. The van der Waals surface area contributed by atoms with Crippen molar-refractivity contribution in [3.05, 3.63) is 60.2 Å². The molecular weight excluding hydrogens is 268 g/mol. The molecule has 1 N–H and O–H groups in total. The Morgan fingerprint density at radius 2 is 2.14 bits per heavy atom. The van der Waals surface area contributed by atoms with Gasteiger partial charge in [-0.05, 0) is 47.2 Å². The van der Waals surface area contributed by atoms with Gasteiger partial charge in [0, 0.05) is 11.9 Å². The number of hydrogen-bond acceptors (Lipinski definition) is 5. The summed E-state index contributed by atoms with van der Waals surface area (Å²) in [6.45, 7) is 1.91. The molecule has 2 heterocycles. The highest BCUT2D eigenvalue weighted by Gasteiger charge is 2.10. The smallest absolute Gasteiger partial charge is 0.274 e. The van der Waals surface area contributed by atoms with Gasteiger partial charge in [-0.1, -0.05) is 12.1 Å². The minimum Gasteiger partial charge on any atom is -0.320 e. The number of nitrogens with one attached hydrogen (secondary N) is 1. The van der Waals surface area contributed by atoms with Crippen LogP contribution in [0.4, 0.5) is 5.69 Å². The first kappa shape index (κ1) is 12.9. The molecule has 7 heteroatoms. The maximum Gasteiger partial charge on any atom is 0.274 e. The van der Waals surface area contributed by atoms with E-state index in [0.29, 0.717) is 11.4 Å². The van der Waals surface area contributed by atoms with Crippen molar-refractivity contribution in [2.24, 2.45) is 0 Å². The summed E-state index contributed by atoms with van der Waals surface area (Å²) in [6.07, 6.45) is 3.08. The van der Waals surface area contributed by atoms with Crippen LogP contribution in [0.2, 0.25) is 0 Å². The molecule has 0 unspecified atom stereocenters. The van der Waals surface area contributed by atoms with Crippen molar-refractivity contribution < 1.29 is 4.79 Å². The second-order valence-electron chi connectivity index (χ2n) is 4.42. The van der Waals surface area contributed by atoms with Crippen LogP contribution in [0.1, 0.15) is 16.1 Å². The summed E-state index contributed by atoms with van der Waals surface area (Å²) in [7, 11) is 0. The van der Waals surface area contributed by atoms with Gasteiger partial charge in [0.1, 0.15) is 12.0 Å². The number of hydrogen-bond donors (Lipinski definition) is 1. The highest BCUT2D eigenvalue weighted by molar-refractivity contribution is 6.03. The number of amides is 1. The van der Waals surface area contributed by atoms with Crippen molar-refractivity contribution in [3.63, 3.8) is 0 Å².